The fourth-order valence-corrected chi connectivity index (χ4v) is 2.87. The third-order valence-corrected chi connectivity index (χ3v) is 4.11. The Morgan fingerprint density at radius 2 is 2.08 bits per heavy atom. The van der Waals surface area contributed by atoms with E-state index in [0.717, 1.165) is 18.5 Å². The Hall–Kier alpha value is -2.57. The van der Waals surface area contributed by atoms with E-state index >= 15 is 0 Å². The Kier molecular flexibility index (Phi) is 4.69. The lowest BCUT2D eigenvalue weighted by molar-refractivity contribution is -0.117. The summed E-state index contributed by atoms with van der Waals surface area (Å²) in [6, 6.07) is 5.44. The average molecular weight is 331 g/mol. The van der Waals surface area contributed by atoms with Crippen LogP contribution in [0, 0.1) is 0 Å². The molecule has 128 valence electrons. The van der Waals surface area contributed by atoms with Crippen molar-refractivity contribution in [3.8, 4) is 11.5 Å². The average Bonchev–Trinajstić information content (AvgIpc) is 3.21. The third-order valence-electron chi connectivity index (χ3n) is 4.11. The summed E-state index contributed by atoms with van der Waals surface area (Å²) in [6.07, 6.45) is 2.10. The first kappa shape index (κ1) is 16.3. The van der Waals surface area contributed by atoms with Crippen molar-refractivity contribution in [2.75, 3.05) is 25.7 Å². The number of amides is 1. The van der Waals surface area contributed by atoms with Crippen LogP contribution in [0.2, 0.25) is 0 Å². The van der Waals surface area contributed by atoms with Crippen LogP contribution in [0.15, 0.2) is 22.7 Å². The van der Waals surface area contributed by atoms with Gasteiger partial charge in [0.2, 0.25) is 11.8 Å². The van der Waals surface area contributed by atoms with Crippen molar-refractivity contribution in [1.29, 1.82) is 0 Å². The molecule has 7 nitrogen and oxygen atoms in total. The number of nitrogens with zero attached hydrogens (tertiary/aromatic N) is 3. The number of anilines is 1. The molecule has 2 heterocycles. The molecule has 0 radical (unpaired) electrons. The molecule has 1 saturated heterocycles. The summed E-state index contributed by atoms with van der Waals surface area (Å²) in [4.78, 5) is 18.5. The molecule has 24 heavy (non-hydrogen) atoms. The summed E-state index contributed by atoms with van der Waals surface area (Å²) >= 11 is 0. The van der Waals surface area contributed by atoms with E-state index < -0.39 is 0 Å². The van der Waals surface area contributed by atoms with Crippen LogP contribution in [0.4, 0.5) is 5.69 Å². The van der Waals surface area contributed by atoms with Crippen molar-refractivity contribution < 1.29 is 18.8 Å². The zero-order valence-electron chi connectivity index (χ0n) is 14.1. The van der Waals surface area contributed by atoms with Gasteiger partial charge in [-0.3, -0.25) is 4.79 Å². The highest BCUT2D eigenvalue weighted by Gasteiger charge is 2.35. The van der Waals surface area contributed by atoms with Gasteiger partial charge in [0.05, 0.1) is 20.1 Å². The first-order valence-electron chi connectivity index (χ1n) is 8.01. The maximum absolute atomic E-state index is 12.4. The van der Waals surface area contributed by atoms with Gasteiger partial charge in [-0.15, -0.1) is 0 Å². The van der Waals surface area contributed by atoms with Gasteiger partial charge in [-0.1, -0.05) is 12.1 Å². The van der Waals surface area contributed by atoms with Crippen LogP contribution in [0.1, 0.15) is 37.4 Å². The minimum absolute atomic E-state index is 0.0301. The number of carbonyl (C=O) groups excluding carboxylic acids is 1. The number of ether oxygens (including phenoxy) is 2. The Labute approximate surface area is 140 Å². The van der Waals surface area contributed by atoms with Crippen LogP contribution in [-0.2, 0) is 11.2 Å². The number of aromatic nitrogens is 2. The monoisotopic (exact) mass is 331 g/mol. The summed E-state index contributed by atoms with van der Waals surface area (Å²) in [5, 5.41) is 3.97. The molecule has 1 aliphatic rings. The van der Waals surface area contributed by atoms with Crippen LogP contribution < -0.4 is 14.4 Å². The second-order valence-electron chi connectivity index (χ2n) is 5.74. The van der Waals surface area contributed by atoms with Crippen molar-refractivity contribution in [2.45, 2.75) is 32.1 Å². The van der Waals surface area contributed by atoms with Crippen LogP contribution in [0.3, 0.4) is 0 Å². The molecular weight excluding hydrogens is 310 g/mol. The van der Waals surface area contributed by atoms with Gasteiger partial charge in [0.1, 0.15) is 0 Å². The minimum atomic E-state index is -0.0799. The second kappa shape index (κ2) is 6.90. The number of hydrogen-bond acceptors (Lipinski definition) is 6. The topological polar surface area (TPSA) is 77.7 Å². The number of carbonyl (C=O) groups is 1. The number of hydrogen-bond donors (Lipinski definition) is 0. The zero-order valence-corrected chi connectivity index (χ0v) is 14.1. The van der Waals surface area contributed by atoms with Gasteiger partial charge in [0, 0.05) is 31.1 Å². The van der Waals surface area contributed by atoms with Crippen molar-refractivity contribution in [1.82, 2.24) is 10.1 Å². The molecular formula is C17H21N3O4. The predicted octanol–water partition coefficient (Wildman–Crippen LogP) is 2.56. The summed E-state index contributed by atoms with van der Waals surface area (Å²) in [7, 11) is 3.15. The molecule has 1 aliphatic heterocycles. The van der Waals surface area contributed by atoms with Crippen molar-refractivity contribution >= 4 is 11.6 Å². The normalized spacial score (nSPS) is 17.4. The van der Waals surface area contributed by atoms with Crippen LogP contribution in [0.5, 0.6) is 11.5 Å². The van der Waals surface area contributed by atoms with E-state index in [9.17, 15) is 4.79 Å². The number of methoxy groups -OCH3 is 2. The minimum Gasteiger partial charge on any atom is -0.493 e. The second-order valence-corrected chi connectivity index (χ2v) is 5.74. The van der Waals surface area contributed by atoms with E-state index in [4.69, 9.17) is 14.0 Å². The first-order chi connectivity index (χ1) is 11.7. The maximum Gasteiger partial charge on any atom is 0.232 e. The molecule has 1 atom stereocenters. The van der Waals surface area contributed by atoms with E-state index in [2.05, 4.69) is 17.1 Å². The molecule has 1 aromatic carbocycles. The van der Waals surface area contributed by atoms with Gasteiger partial charge >= 0.3 is 0 Å². The fraction of sp³-hybridized carbons (Fsp3) is 0.471. The highest BCUT2D eigenvalue weighted by atomic mass is 16.5. The third kappa shape index (κ3) is 3.06. The lowest BCUT2D eigenvalue weighted by atomic mass is 10.1. The Morgan fingerprint density at radius 1 is 1.29 bits per heavy atom. The number of rotatable bonds is 6. The molecule has 3 rings (SSSR count). The van der Waals surface area contributed by atoms with Crippen LogP contribution in [-0.4, -0.2) is 36.8 Å². The first-order valence-corrected chi connectivity index (χ1v) is 8.01. The summed E-state index contributed by atoms with van der Waals surface area (Å²) in [5.74, 6) is 2.41. The molecule has 1 unspecified atom stereocenters. The van der Waals surface area contributed by atoms with E-state index in [1.807, 2.05) is 6.07 Å². The Balaban J connectivity index is 1.79. The van der Waals surface area contributed by atoms with Gasteiger partial charge in [-0.25, -0.2) is 0 Å². The quantitative estimate of drug-likeness (QED) is 0.809. The summed E-state index contributed by atoms with van der Waals surface area (Å²) in [5.41, 5.74) is 0.772. The fourth-order valence-electron chi connectivity index (χ4n) is 2.87. The van der Waals surface area contributed by atoms with E-state index in [0.29, 0.717) is 36.2 Å². The van der Waals surface area contributed by atoms with E-state index in [1.54, 1.807) is 31.3 Å². The lowest BCUT2D eigenvalue weighted by Crippen LogP contribution is -2.24. The highest BCUT2D eigenvalue weighted by Crippen LogP contribution is 2.36. The zero-order chi connectivity index (χ0) is 17.1. The molecule has 1 amide bonds. The van der Waals surface area contributed by atoms with Crippen LogP contribution >= 0.6 is 0 Å². The largest absolute Gasteiger partial charge is 0.493 e. The van der Waals surface area contributed by atoms with Crippen LogP contribution in [0.25, 0.3) is 0 Å². The summed E-state index contributed by atoms with van der Waals surface area (Å²) < 4.78 is 15.9. The van der Waals surface area contributed by atoms with Gasteiger partial charge in [-0.05, 0) is 18.6 Å². The highest BCUT2D eigenvalue weighted by molar-refractivity contribution is 5.96. The smallest absolute Gasteiger partial charge is 0.232 e. The Morgan fingerprint density at radius 3 is 2.79 bits per heavy atom. The molecule has 7 heteroatoms. The Bertz CT molecular complexity index is 728. The van der Waals surface area contributed by atoms with E-state index in [-0.39, 0.29) is 11.8 Å². The SMILES string of the molecule is CCCc1noc(C2CC(=O)N(c3ccc(OC)c(OC)c3)C2)n1. The van der Waals surface area contributed by atoms with Crippen molar-refractivity contribution in [2.24, 2.45) is 0 Å². The molecule has 2 aromatic rings. The van der Waals surface area contributed by atoms with Gasteiger partial charge in [0.25, 0.3) is 0 Å². The van der Waals surface area contributed by atoms with Gasteiger partial charge in [0.15, 0.2) is 17.3 Å². The molecule has 0 spiro atoms. The molecule has 1 aromatic heterocycles. The van der Waals surface area contributed by atoms with Crippen molar-refractivity contribution in [3.05, 3.63) is 29.9 Å². The molecule has 0 bridgehead atoms. The lowest BCUT2D eigenvalue weighted by Gasteiger charge is -2.18. The standard InChI is InChI=1S/C17H21N3O4/c1-4-5-15-18-17(24-19-15)11-8-16(21)20(10-11)12-6-7-13(22-2)14(9-12)23-3/h6-7,9,11H,4-5,8,10H2,1-3H3. The molecule has 1 fully saturated rings. The number of benzene rings is 1. The van der Waals surface area contributed by atoms with E-state index in [1.165, 1.54) is 0 Å². The van der Waals surface area contributed by atoms with Gasteiger partial charge < -0.3 is 18.9 Å². The predicted molar refractivity (Wildman–Crippen MR) is 87.6 cm³/mol. The number of aryl methyl sites for hydroxylation is 1. The molecule has 0 aliphatic carbocycles. The summed E-state index contributed by atoms with van der Waals surface area (Å²) in [6.45, 7) is 2.58. The van der Waals surface area contributed by atoms with Crippen molar-refractivity contribution in [3.63, 3.8) is 0 Å². The maximum atomic E-state index is 12.4. The molecule has 0 N–H and O–H groups in total. The molecule has 0 saturated carbocycles. The van der Waals surface area contributed by atoms with Gasteiger partial charge in [-0.2, -0.15) is 4.98 Å².